The lowest BCUT2D eigenvalue weighted by molar-refractivity contribution is -0.274. The van der Waals surface area contributed by atoms with Crippen LogP contribution in [0.25, 0.3) is 22.4 Å². The predicted octanol–water partition coefficient (Wildman–Crippen LogP) is 7.13. The fraction of sp³-hybridized carbons (Fsp3) is 0.120. The first kappa shape index (κ1) is 22.9. The van der Waals surface area contributed by atoms with Gasteiger partial charge in [-0.3, -0.25) is 3.97 Å². The minimum absolute atomic E-state index is 0.276. The van der Waals surface area contributed by atoms with Crippen molar-refractivity contribution in [3.63, 3.8) is 0 Å². The van der Waals surface area contributed by atoms with Gasteiger partial charge in [-0.1, -0.05) is 36.4 Å². The number of rotatable bonds is 7. The van der Waals surface area contributed by atoms with Gasteiger partial charge in [0.05, 0.1) is 5.69 Å². The molecular formula is C25H20F4N2OS. The number of benzene rings is 3. The molecule has 4 aromatic rings. The Bertz CT molecular complexity index is 1250. The standard InChI is InChI=1S/C25H20F4N2OS/c1-30-15-17-12-24(22-10-2-3-11-23(22)26)31(16-17)33-21-9-5-7-19(14-21)18-6-4-8-20(13-18)32-25(27,28)29/h2-14,16,30H,15H2,1H3. The molecular weight excluding hydrogens is 452 g/mol. The van der Waals surface area contributed by atoms with Gasteiger partial charge in [-0.25, -0.2) is 4.39 Å². The van der Waals surface area contributed by atoms with Crippen molar-refractivity contribution >= 4 is 11.9 Å². The van der Waals surface area contributed by atoms with Gasteiger partial charge >= 0.3 is 6.36 Å². The fourth-order valence-corrected chi connectivity index (χ4v) is 4.44. The van der Waals surface area contributed by atoms with Crippen molar-refractivity contribution in [2.75, 3.05) is 7.05 Å². The summed E-state index contributed by atoms with van der Waals surface area (Å²) >= 11 is 1.40. The number of hydrogen-bond acceptors (Lipinski definition) is 3. The predicted molar refractivity (Wildman–Crippen MR) is 122 cm³/mol. The van der Waals surface area contributed by atoms with E-state index in [0.29, 0.717) is 23.4 Å². The van der Waals surface area contributed by atoms with Crippen LogP contribution in [0.3, 0.4) is 0 Å². The van der Waals surface area contributed by atoms with Crippen molar-refractivity contribution in [1.29, 1.82) is 0 Å². The Balaban J connectivity index is 1.66. The zero-order chi connectivity index (χ0) is 23.4. The van der Waals surface area contributed by atoms with E-state index < -0.39 is 6.36 Å². The smallest absolute Gasteiger partial charge is 0.406 e. The lowest BCUT2D eigenvalue weighted by Crippen LogP contribution is -2.17. The Kier molecular flexibility index (Phi) is 6.76. The molecule has 0 spiro atoms. The highest BCUT2D eigenvalue weighted by Gasteiger charge is 2.31. The van der Waals surface area contributed by atoms with Crippen molar-refractivity contribution in [2.45, 2.75) is 17.8 Å². The van der Waals surface area contributed by atoms with Crippen LogP contribution >= 0.6 is 11.9 Å². The molecule has 0 saturated carbocycles. The van der Waals surface area contributed by atoms with Crippen molar-refractivity contribution < 1.29 is 22.3 Å². The number of halogens is 4. The SMILES string of the molecule is CNCc1cc(-c2ccccc2F)n(Sc2cccc(-c3cccc(OC(F)(F)F)c3)c2)c1. The molecule has 0 radical (unpaired) electrons. The summed E-state index contributed by atoms with van der Waals surface area (Å²) < 4.78 is 58.2. The third kappa shape index (κ3) is 5.77. The zero-order valence-electron chi connectivity index (χ0n) is 17.6. The first-order chi connectivity index (χ1) is 15.8. The third-order valence-corrected chi connectivity index (χ3v) is 5.78. The molecule has 0 bridgehead atoms. The van der Waals surface area contributed by atoms with Crippen LogP contribution in [-0.4, -0.2) is 17.4 Å². The molecule has 0 unspecified atom stereocenters. The average Bonchev–Trinajstić information content (AvgIpc) is 3.15. The summed E-state index contributed by atoms with van der Waals surface area (Å²) in [6, 6.07) is 21.8. The third-order valence-electron chi connectivity index (χ3n) is 4.81. The molecule has 33 heavy (non-hydrogen) atoms. The van der Waals surface area contributed by atoms with E-state index in [1.807, 2.05) is 47.5 Å². The molecule has 3 aromatic carbocycles. The van der Waals surface area contributed by atoms with Gasteiger partial charge in [-0.2, -0.15) is 0 Å². The molecule has 8 heteroatoms. The molecule has 0 saturated heterocycles. The Morgan fingerprint density at radius 2 is 1.64 bits per heavy atom. The van der Waals surface area contributed by atoms with Gasteiger partial charge in [0.2, 0.25) is 0 Å². The van der Waals surface area contributed by atoms with Gasteiger partial charge in [0.25, 0.3) is 0 Å². The molecule has 4 rings (SSSR count). The second-order valence-corrected chi connectivity index (χ2v) is 8.31. The molecule has 0 fully saturated rings. The maximum Gasteiger partial charge on any atom is 0.573 e. The Hall–Kier alpha value is -3.23. The molecule has 1 aromatic heterocycles. The quantitative estimate of drug-likeness (QED) is 0.290. The first-order valence-corrected chi connectivity index (χ1v) is 10.8. The van der Waals surface area contributed by atoms with Gasteiger partial charge in [-0.05, 0) is 78.2 Å². The van der Waals surface area contributed by atoms with E-state index in [-0.39, 0.29) is 11.6 Å². The minimum atomic E-state index is -4.75. The van der Waals surface area contributed by atoms with Crippen LogP contribution in [-0.2, 0) is 6.54 Å². The Morgan fingerprint density at radius 3 is 2.36 bits per heavy atom. The highest BCUT2D eigenvalue weighted by atomic mass is 32.2. The molecule has 1 heterocycles. The van der Waals surface area contributed by atoms with Gasteiger partial charge in [0.1, 0.15) is 11.6 Å². The van der Waals surface area contributed by atoms with Gasteiger partial charge in [-0.15, -0.1) is 13.2 Å². The molecule has 170 valence electrons. The van der Waals surface area contributed by atoms with E-state index >= 15 is 0 Å². The summed E-state index contributed by atoms with van der Waals surface area (Å²) in [6.07, 6.45) is -2.81. The number of nitrogens with one attached hydrogen (secondary N) is 1. The molecule has 0 amide bonds. The molecule has 3 nitrogen and oxygen atoms in total. The maximum absolute atomic E-state index is 14.5. The summed E-state index contributed by atoms with van der Waals surface area (Å²) in [5, 5.41) is 3.10. The lowest BCUT2D eigenvalue weighted by Gasteiger charge is -2.12. The number of ether oxygens (including phenoxy) is 1. The highest BCUT2D eigenvalue weighted by Crippen LogP contribution is 2.34. The number of nitrogens with zero attached hydrogens (tertiary/aromatic N) is 1. The average molecular weight is 473 g/mol. The Labute approximate surface area is 193 Å². The van der Waals surface area contributed by atoms with Crippen LogP contribution in [0.15, 0.2) is 90.0 Å². The minimum Gasteiger partial charge on any atom is -0.406 e. The topological polar surface area (TPSA) is 26.2 Å². The van der Waals surface area contributed by atoms with Crippen molar-refractivity contribution in [1.82, 2.24) is 9.29 Å². The van der Waals surface area contributed by atoms with Gasteiger partial charge in [0, 0.05) is 23.2 Å². The van der Waals surface area contributed by atoms with Crippen LogP contribution in [0.1, 0.15) is 5.56 Å². The van der Waals surface area contributed by atoms with E-state index in [1.54, 1.807) is 24.3 Å². The van der Waals surface area contributed by atoms with E-state index in [2.05, 4.69) is 10.1 Å². The largest absolute Gasteiger partial charge is 0.573 e. The number of hydrogen-bond donors (Lipinski definition) is 1. The van der Waals surface area contributed by atoms with Crippen molar-refractivity contribution in [2.24, 2.45) is 0 Å². The summed E-state index contributed by atoms with van der Waals surface area (Å²) in [5.74, 6) is -0.592. The molecule has 0 aliphatic rings. The van der Waals surface area contributed by atoms with E-state index in [0.717, 1.165) is 16.0 Å². The second kappa shape index (κ2) is 9.72. The summed E-state index contributed by atoms with van der Waals surface area (Å²) in [6.45, 7) is 0.626. The Morgan fingerprint density at radius 1 is 0.909 bits per heavy atom. The fourth-order valence-electron chi connectivity index (χ4n) is 3.46. The summed E-state index contributed by atoms with van der Waals surface area (Å²) in [7, 11) is 1.84. The molecule has 1 N–H and O–H groups in total. The van der Waals surface area contributed by atoms with E-state index in [9.17, 15) is 17.6 Å². The molecule has 0 aliphatic carbocycles. The number of alkyl halides is 3. The van der Waals surface area contributed by atoms with Gasteiger partial charge in [0.15, 0.2) is 0 Å². The number of aromatic nitrogens is 1. The van der Waals surface area contributed by atoms with Crippen LogP contribution in [0.2, 0.25) is 0 Å². The highest BCUT2D eigenvalue weighted by molar-refractivity contribution is 7.98. The summed E-state index contributed by atoms with van der Waals surface area (Å²) in [4.78, 5) is 0.846. The first-order valence-electron chi connectivity index (χ1n) is 10.1. The van der Waals surface area contributed by atoms with Crippen LogP contribution in [0, 0.1) is 5.82 Å². The summed E-state index contributed by atoms with van der Waals surface area (Å²) in [5.41, 5.74) is 3.53. The van der Waals surface area contributed by atoms with Gasteiger partial charge < -0.3 is 10.1 Å². The normalized spacial score (nSPS) is 11.5. The van der Waals surface area contributed by atoms with Crippen LogP contribution in [0.5, 0.6) is 5.75 Å². The monoisotopic (exact) mass is 472 g/mol. The molecule has 0 atom stereocenters. The van der Waals surface area contributed by atoms with E-state index in [1.165, 1.54) is 36.2 Å². The van der Waals surface area contributed by atoms with Crippen LogP contribution < -0.4 is 10.1 Å². The second-order valence-electron chi connectivity index (χ2n) is 7.26. The maximum atomic E-state index is 14.5. The van der Waals surface area contributed by atoms with Crippen molar-refractivity contribution in [3.8, 4) is 28.1 Å². The van der Waals surface area contributed by atoms with Crippen molar-refractivity contribution in [3.05, 3.63) is 96.4 Å². The van der Waals surface area contributed by atoms with E-state index in [4.69, 9.17) is 0 Å². The zero-order valence-corrected chi connectivity index (χ0v) is 18.4. The molecule has 0 aliphatic heterocycles. The lowest BCUT2D eigenvalue weighted by atomic mass is 10.1. The van der Waals surface area contributed by atoms with Crippen LogP contribution in [0.4, 0.5) is 17.6 Å².